The molecule has 0 amide bonds. The van der Waals surface area contributed by atoms with Gasteiger partial charge >= 0.3 is 0 Å². The number of thiophene rings is 1. The van der Waals surface area contributed by atoms with E-state index in [1.807, 2.05) is 11.4 Å². The highest BCUT2D eigenvalue weighted by molar-refractivity contribution is 9.10. The number of hydrogen-bond donors (Lipinski definition) is 1. The summed E-state index contributed by atoms with van der Waals surface area (Å²) in [4.78, 5) is 1.09. The van der Waals surface area contributed by atoms with Crippen LogP contribution < -0.4 is 5.73 Å². The molecule has 0 saturated carbocycles. The predicted molar refractivity (Wildman–Crippen MR) is 76.8 cm³/mol. The molecule has 0 aliphatic carbocycles. The van der Waals surface area contributed by atoms with Crippen molar-refractivity contribution in [1.82, 2.24) is 0 Å². The summed E-state index contributed by atoms with van der Waals surface area (Å²) < 4.78 is 15.1. The van der Waals surface area contributed by atoms with Crippen LogP contribution in [0.2, 0.25) is 0 Å². The molecule has 0 bridgehead atoms. The van der Waals surface area contributed by atoms with E-state index in [0.717, 1.165) is 19.4 Å². The van der Waals surface area contributed by atoms with Crippen molar-refractivity contribution in [3.63, 3.8) is 0 Å². The Balaban J connectivity index is 2.18. The first-order valence-electron chi connectivity index (χ1n) is 4.99. The van der Waals surface area contributed by atoms with Crippen molar-refractivity contribution in [2.75, 3.05) is 0 Å². The lowest BCUT2D eigenvalue weighted by atomic mass is 10.1. The van der Waals surface area contributed by atoms with Crippen molar-refractivity contribution in [3.8, 4) is 0 Å². The fourth-order valence-corrected chi connectivity index (χ4v) is 3.42. The van der Waals surface area contributed by atoms with E-state index in [1.165, 1.54) is 12.1 Å². The van der Waals surface area contributed by atoms with E-state index in [4.69, 9.17) is 5.73 Å². The van der Waals surface area contributed by atoms with E-state index < -0.39 is 0 Å². The monoisotopic (exact) mass is 377 g/mol. The predicted octanol–water partition coefficient (Wildman–Crippen LogP) is 4.65. The SMILES string of the molecule is NC(Cc1cc(F)ccc1Br)c1cc(Br)cs1. The molecule has 0 spiro atoms. The minimum absolute atomic E-state index is 0.107. The van der Waals surface area contributed by atoms with Crippen LogP contribution in [-0.4, -0.2) is 0 Å². The van der Waals surface area contributed by atoms with Gasteiger partial charge in [-0.05, 0) is 52.2 Å². The zero-order valence-corrected chi connectivity index (χ0v) is 12.8. The second-order valence-corrected chi connectivity index (χ2v) is 6.43. The molecule has 2 N–H and O–H groups in total. The van der Waals surface area contributed by atoms with Gasteiger partial charge in [0.1, 0.15) is 5.82 Å². The van der Waals surface area contributed by atoms with Gasteiger partial charge in [0, 0.05) is 25.2 Å². The zero-order valence-electron chi connectivity index (χ0n) is 8.79. The number of halogens is 3. The summed E-state index contributed by atoms with van der Waals surface area (Å²) in [6.07, 6.45) is 0.616. The largest absolute Gasteiger partial charge is 0.323 e. The lowest BCUT2D eigenvalue weighted by Crippen LogP contribution is -2.12. The molecule has 2 rings (SSSR count). The highest BCUT2D eigenvalue weighted by atomic mass is 79.9. The summed E-state index contributed by atoms with van der Waals surface area (Å²) in [7, 11) is 0. The molecule has 1 heterocycles. The van der Waals surface area contributed by atoms with Crippen LogP contribution in [0.25, 0.3) is 0 Å². The van der Waals surface area contributed by atoms with Crippen LogP contribution >= 0.6 is 43.2 Å². The standard InChI is InChI=1S/C12H10Br2FNS/c13-8-5-12(17-6-8)11(16)4-7-3-9(15)1-2-10(7)14/h1-3,5-6,11H,4,16H2. The summed E-state index contributed by atoms with van der Waals surface area (Å²) in [5.41, 5.74) is 7.00. The molecule has 1 aromatic heterocycles. The normalized spacial score (nSPS) is 12.7. The molecule has 0 radical (unpaired) electrons. The Bertz CT molecular complexity index is 527. The Morgan fingerprint density at radius 3 is 2.71 bits per heavy atom. The minimum atomic E-state index is -0.234. The molecule has 1 aromatic carbocycles. The molecule has 0 saturated heterocycles. The van der Waals surface area contributed by atoms with Gasteiger partial charge in [-0.25, -0.2) is 4.39 Å². The number of rotatable bonds is 3. The Morgan fingerprint density at radius 1 is 1.29 bits per heavy atom. The third-order valence-electron chi connectivity index (χ3n) is 2.40. The summed E-state index contributed by atoms with van der Waals surface area (Å²) in [5.74, 6) is -0.234. The molecule has 90 valence electrons. The molecule has 17 heavy (non-hydrogen) atoms. The summed E-state index contributed by atoms with van der Waals surface area (Å²) in [6, 6.07) is 6.56. The van der Waals surface area contributed by atoms with Gasteiger partial charge in [-0.3, -0.25) is 0 Å². The third kappa shape index (κ3) is 3.37. The van der Waals surface area contributed by atoms with Gasteiger partial charge in [-0.15, -0.1) is 11.3 Å². The first kappa shape index (κ1) is 13.2. The van der Waals surface area contributed by atoms with Crippen LogP contribution in [0.4, 0.5) is 4.39 Å². The Morgan fingerprint density at radius 2 is 2.06 bits per heavy atom. The van der Waals surface area contributed by atoms with E-state index >= 15 is 0 Å². The van der Waals surface area contributed by atoms with Gasteiger partial charge in [0.2, 0.25) is 0 Å². The molecular formula is C12H10Br2FNS. The quantitative estimate of drug-likeness (QED) is 0.826. The van der Waals surface area contributed by atoms with E-state index in [9.17, 15) is 4.39 Å². The van der Waals surface area contributed by atoms with Crippen molar-refractivity contribution in [3.05, 3.63) is 54.8 Å². The zero-order chi connectivity index (χ0) is 12.4. The maximum atomic E-state index is 13.1. The fourth-order valence-electron chi connectivity index (χ4n) is 1.56. The molecule has 2 aromatic rings. The highest BCUT2D eigenvalue weighted by Crippen LogP contribution is 2.28. The number of benzene rings is 1. The number of nitrogens with two attached hydrogens (primary N) is 1. The summed E-state index contributed by atoms with van der Waals surface area (Å²) in [6.45, 7) is 0. The van der Waals surface area contributed by atoms with Crippen molar-refractivity contribution in [2.45, 2.75) is 12.5 Å². The minimum Gasteiger partial charge on any atom is -0.323 e. The second-order valence-electron chi connectivity index (χ2n) is 3.71. The van der Waals surface area contributed by atoms with E-state index in [0.29, 0.717) is 6.42 Å². The van der Waals surface area contributed by atoms with Gasteiger partial charge < -0.3 is 5.73 Å². The van der Waals surface area contributed by atoms with Crippen molar-refractivity contribution in [1.29, 1.82) is 0 Å². The highest BCUT2D eigenvalue weighted by Gasteiger charge is 2.12. The van der Waals surface area contributed by atoms with Crippen molar-refractivity contribution >= 4 is 43.2 Å². The van der Waals surface area contributed by atoms with Crippen LogP contribution in [0.1, 0.15) is 16.5 Å². The van der Waals surface area contributed by atoms with Gasteiger partial charge in [0.05, 0.1) is 0 Å². The van der Waals surface area contributed by atoms with Gasteiger partial charge in [-0.2, -0.15) is 0 Å². The van der Waals surface area contributed by atoms with Crippen LogP contribution in [0.3, 0.4) is 0 Å². The van der Waals surface area contributed by atoms with Gasteiger partial charge in [0.15, 0.2) is 0 Å². The molecule has 1 unspecified atom stereocenters. The summed E-state index contributed by atoms with van der Waals surface area (Å²) in [5, 5.41) is 2.00. The second kappa shape index (κ2) is 5.61. The Hall–Kier alpha value is -0.230. The summed E-state index contributed by atoms with van der Waals surface area (Å²) >= 11 is 8.41. The smallest absolute Gasteiger partial charge is 0.123 e. The first-order chi connectivity index (χ1) is 8.06. The average molecular weight is 379 g/mol. The first-order valence-corrected chi connectivity index (χ1v) is 7.46. The number of hydrogen-bond acceptors (Lipinski definition) is 2. The lowest BCUT2D eigenvalue weighted by molar-refractivity contribution is 0.622. The van der Waals surface area contributed by atoms with Crippen LogP contribution in [-0.2, 0) is 6.42 Å². The average Bonchev–Trinajstić information content (AvgIpc) is 2.70. The van der Waals surface area contributed by atoms with E-state index in [2.05, 4.69) is 31.9 Å². The maximum absolute atomic E-state index is 13.1. The molecule has 1 atom stereocenters. The maximum Gasteiger partial charge on any atom is 0.123 e. The Kier molecular flexibility index (Phi) is 4.36. The van der Waals surface area contributed by atoms with Crippen molar-refractivity contribution < 1.29 is 4.39 Å². The molecule has 0 aliphatic heterocycles. The van der Waals surface area contributed by atoms with Crippen LogP contribution in [0, 0.1) is 5.82 Å². The molecular weight excluding hydrogens is 369 g/mol. The lowest BCUT2D eigenvalue weighted by Gasteiger charge is -2.11. The van der Waals surface area contributed by atoms with Crippen LogP contribution in [0.5, 0.6) is 0 Å². The van der Waals surface area contributed by atoms with E-state index in [1.54, 1.807) is 17.4 Å². The van der Waals surface area contributed by atoms with Crippen molar-refractivity contribution in [2.24, 2.45) is 5.73 Å². The van der Waals surface area contributed by atoms with Gasteiger partial charge in [-0.1, -0.05) is 15.9 Å². The molecule has 1 nitrogen and oxygen atoms in total. The Labute approximate surface area is 120 Å². The molecule has 0 fully saturated rings. The van der Waals surface area contributed by atoms with E-state index in [-0.39, 0.29) is 11.9 Å². The van der Waals surface area contributed by atoms with Gasteiger partial charge in [0.25, 0.3) is 0 Å². The molecule has 0 aliphatic rings. The van der Waals surface area contributed by atoms with Crippen LogP contribution in [0.15, 0.2) is 38.6 Å². The molecule has 5 heteroatoms. The topological polar surface area (TPSA) is 26.0 Å². The fraction of sp³-hybridized carbons (Fsp3) is 0.167. The third-order valence-corrected chi connectivity index (χ3v) is 5.00.